The molecule has 0 aliphatic rings. The van der Waals surface area contributed by atoms with Crippen LogP contribution in [0.25, 0.3) is 0 Å². The summed E-state index contributed by atoms with van der Waals surface area (Å²) >= 11 is 0. The van der Waals surface area contributed by atoms with Gasteiger partial charge in [0, 0.05) is 25.6 Å². The lowest BCUT2D eigenvalue weighted by atomic mass is 10.5. The summed E-state index contributed by atoms with van der Waals surface area (Å²) in [7, 11) is 3.22. The molecule has 2 heterocycles. The molecule has 0 atom stereocenters. The highest BCUT2D eigenvalue weighted by Gasteiger charge is 2.02. The van der Waals surface area contributed by atoms with Gasteiger partial charge in [0.1, 0.15) is 0 Å². The fourth-order valence-corrected chi connectivity index (χ4v) is 1.38. The van der Waals surface area contributed by atoms with Crippen molar-refractivity contribution in [2.75, 3.05) is 26.1 Å². The summed E-state index contributed by atoms with van der Waals surface area (Å²) in [6.07, 6.45) is 5.20. The molecule has 0 saturated carbocycles. The molecular weight excluding hydrogens is 234 g/mol. The van der Waals surface area contributed by atoms with Gasteiger partial charge in [0.15, 0.2) is 0 Å². The Hall–Kier alpha value is -2.15. The van der Waals surface area contributed by atoms with E-state index in [9.17, 15) is 0 Å². The number of ether oxygens (including phenoxy) is 2. The number of methoxy groups -OCH3 is 2. The minimum Gasteiger partial charge on any atom is -0.481 e. The summed E-state index contributed by atoms with van der Waals surface area (Å²) in [5.41, 5.74) is 0.819. The number of nitrogens with one attached hydrogen (secondary N) is 1. The van der Waals surface area contributed by atoms with E-state index in [0.29, 0.717) is 25.0 Å². The molecule has 0 aromatic carbocycles. The van der Waals surface area contributed by atoms with Crippen LogP contribution in [-0.4, -0.2) is 40.6 Å². The molecule has 0 spiro atoms. The van der Waals surface area contributed by atoms with Gasteiger partial charge in [0.05, 0.1) is 32.1 Å². The van der Waals surface area contributed by atoms with Crippen LogP contribution in [0.2, 0.25) is 0 Å². The van der Waals surface area contributed by atoms with Crippen molar-refractivity contribution < 1.29 is 9.47 Å². The Balaban J connectivity index is 2.01. The van der Waals surface area contributed by atoms with Gasteiger partial charge in [-0.15, -0.1) is 0 Å². The average Bonchev–Trinajstić information content (AvgIpc) is 2.84. The smallest absolute Gasteiger partial charge is 0.230 e. The second-order valence-electron chi connectivity index (χ2n) is 3.53. The van der Waals surface area contributed by atoms with Gasteiger partial charge in [-0.1, -0.05) is 0 Å². The molecule has 7 heteroatoms. The number of hydrogen-bond donors (Lipinski definition) is 1. The summed E-state index contributed by atoms with van der Waals surface area (Å²) in [5.74, 6) is 0.986. The first-order chi connectivity index (χ1) is 8.81. The van der Waals surface area contributed by atoms with Crippen molar-refractivity contribution in [2.24, 2.45) is 0 Å². The van der Waals surface area contributed by atoms with Crippen LogP contribution in [0, 0.1) is 0 Å². The first kappa shape index (κ1) is 12.3. The zero-order valence-corrected chi connectivity index (χ0v) is 10.3. The van der Waals surface area contributed by atoms with Gasteiger partial charge in [-0.3, -0.25) is 4.68 Å². The second-order valence-corrected chi connectivity index (χ2v) is 3.53. The normalized spacial score (nSPS) is 10.3. The minimum atomic E-state index is 0.473. The van der Waals surface area contributed by atoms with E-state index in [1.807, 2.05) is 6.20 Å². The van der Waals surface area contributed by atoms with Crippen LogP contribution in [0.5, 0.6) is 5.88 Å². The van der Waals surface area contributed by atoms with E-state index in [4.69, 9.17) is 9.47 Å². The predicted molar refractivity (Wildman–Crippen MR) is 66.0 cm³/mol. The summed E-state index contributed by atoms with van der Waals surface area (Å²) in [4.78, 5) is 8.24. The standard InChI is InChI=1S/C11H15N5O2/c1-17-6-5-16-8-9(7-13-16)14-11-12-4-3-10(15-11)18-2/h3-4,7-8H,5-6H2,1-2H3,(H,12,14,15). The van der Waals surface area contributed by atoms with E-state index in [1.54, 1.807) is 37.4 Å². The molecule has 0 radical (unpaired) electrons. The van der Waals surface area contributed by atoms with Crippen molar-refractivity contribution in [3.8, 4) is 5.88 Å². The largest absolute Gasteiger partial charge is 0.481 e. The highest BCUT2D eigenvalue weighted by atomic mass is 16.5. The zero-order chi connectivity index (χ0) is 12.8. The van der Waals surface area contributed by atoms with E-state index in [2.05, 4.69) is 20.4 Å². The Labute approximate surface area is 105 Å². The number of nitrogens with zero attached hydrogens (tertiary/aromatic N) is 4. The first-order valence-electron chi connectivity index (χ1n) is 5.47. The molecular formula is C11H15N5O2. The molecule has 1 N–H and O–H groups in total. The van der Waals surface area contributed by atoms with Gasteiger partial charge in [0.25, 0.3) is 0 Å². The molecule has 96 valence electrons. The van der Waals surface area contributed by atoms with E-state index in [0.717, 1.165) is 5.69 Å². The highest BCUT2D eigenvalue weighted by molar-refractivity contribution is 5.50. The Kier molecular flexibility index (Phi) is 4.08. The van der Waals surface area contributed by atoms with E-state index < -0.39 is 0 Å². The topological polar surface area (TPSA) is 74.1 Å². The third-order valence-electron chi connectivity index (χ3n) is 2.25. The lowest BCUT2D eigenvalue weighted by molar-refractivity contribution is 0.183. The van der Waals surface area contributed by atoms with Crippen LogP contribution in [0.15, 0.2) is 24.7 Å². The Bertz CT molecular complexity index is 500. The van der Waals surface area contributed by atoms with E-state index in [-0.39, 0.29) is 0 Å². The highest BCUT2D eigenvalue weighted by Crippen LogP contribution is 2.13. The maximum Gasteiger partial charge on any atom is 0.230 e. The van der Waals surface area contributed by atoms with Crippen LogP contribution in [-0.2, 0) is 11.3 Å². The van der Waals surface area contributed by atoms with Gasteiger partial charge in [-0.25, -0.2) is 4.98 Å². The molecule has 0 amide bonds. The summed E-state index contributed by atoms with van der Waals surface area (Å²) < 4.78 is 11.8. The molecule has 2 aromatic heterocycles. The van der Waals surface area contributed by atoms with Crippen molar-refractivity contribution in [3.05, 3.63) is 24.7 Å². The average molecular weight is 249 g/mol. The maximum atomic E-state index is 5.02. The van der Waals surface area contributed by atoms with Gasteiger partial charge in [0.2, 0.25) is 11.8 Å². The molecule has 0 unspecified atom stereocenters. The summed E-state index contributed by atoms with van der Waals surface area (Å²) in [5, 5.41) is 7.23. The molecule has 0 fully saturated rings. The monoisotopic (exact) mass is 249 g/mol. The van der Waals surface area contributed by atoms with Crippen molar-refractivity contribution in [2.45, 2.75) is 6.54 Å². The molecule has 2 aromatic rings. The third kappa shape index (κ3) is 3.17. The fraction of sp³-hybridized carbons (Fsp3) is 0.364. The van der Waals surface area contributed by atoms with Crippen LogP contribution in [0.3, 0.4) is 0 Å². The molecule has 0 aliphatic carbocycles. The SMILES string of the molecule is COCCn1cc(Nc2nccc(OC)n2)cn1. The maximum absolute atomic E-state index is 5.02. The Morgan fingerprint density at radius 2 is 2.28 bits per heavy atom. The number of anilines is 2. The van der Waals surface area contributed by atoms with E-state index in [1.165, 1.54) is 0 Å². The lowest BCUT2D eigenvalue weighted by Gasteiger charge is -2.03. The molecule has 0 aliphatic heterocycles. The van der Waals surface area contributed by atoms with Gasteiger partial charge in [-0.2, -0.15) is 10.1 Å². The van der Waals surface area contributed by atoms with E-state index >= 15 is 0 Å². The minimum absolute atomic E-state index is 0.473. The summed E-state index contributed by atoms with van der Waals surface area (Å²) in [6, 6.07) is 1.69. The molecule has 18 heavy (non-hydrogen) atoms. The van der Waals surface area contributed by atoms with Crippen LogP contribution < -0.4 is 10.1 Å². The lowest BCUT2D eigenvalue weighted by Crippen LogP contribution is -2.04. The first-order valence-corrected chi connectivity index (χ1v) is 5.47. The zero-order valence-electron chi connectivity index (χ0n) is 10.3. The molecule has 0 saturated heterocycles. The van der Waals surface area contributed by atoms with Gasteiger partial charge in [-0.05, 0) is 0 Å². The number of hydrogen-bond acceptors (Lipinski definition) is 6. The van der Waals surface area contributed by atoms with Crippen molar-refractivity contribution in [1.82, 2.24) is 19.7 Å². The number of rotatable bonds is 6. The molecule has 7 nitrogen and oxygen atoms in total. The molecule has 0 bridgehead atoms. The van der Waals surface area contributed by atoms with Crippen LogP contribution >= 0.6 is 0 Å². The van der Waals surface area contributed by atoms with Crippen molar-refractivity contribution >= 4 is 11.6 Å². The Morgan fingerprint density at radius 1 is 1.39 bits per heavy atom. The predicted octanol–water partition coefficient (Wildman–Crippen LogP) is 1.07. The van der Waals surface area contributed by atoms with Crippen molar-refractivity contribution in [1.29, 1.82) is 0 Å². The van der Waals surface area contributed by atoms with Gasteiger partial charge >= 0.3 is 0 Å². The van der Waals surface area contributed by atoms with Crippen LogP contribution in [0.1, 0.15) is 0 Å². The third-order valence-corrected chi connectivity index (χ3v) is 2.25. The number of aromatic nitrogens is 4. The quantitative estimate of drug-likeness (QED) is 0.825. The molecule has 2 rings (SSSR count). The summed E-state index contributed by atoms with van der Waals surface area (Å²) in [6.45, 7) is 1.33. The second kappa shape index (κ2) is 5.97. The fourth-order valence-electron chi connectivity index (χ4n) is 1.38. The van der Waals surface area contributed by atoms with Crippen LogP contribution in [0.4, 0.5) is 11.6 Å². The van der Waals surface area contributed by atoms with Gasteiger partial charge < -0.3 is 14.8 Å². The Morgan fingerprint density at radius 3 is 3.06 bits per heavy atom. The van der Waals surface area contributed by atoms with Crippen molar-refractivity contribution in [3.63, 3.8) is 0 Å².